The van der Waals surface area contributed by atoms with E-state index in [-0.39, 0.29) is 6.04 Å². The molecule has 0 spiro atoms. The van der Waals surface area contributed by atoms with E-state index >= 15 is 0 Å². The van der Waals surface area contributed by atoms with E-state index in [2.05, 4.69) is 29.3 Å². The number of aromatic nitrogens is 3. The molecule has 4 heteroatoms. The summed E-state index contributed by atoms with van der Waals surface area (Å²) in [6, 6.07) is 16.2. The van der Waals surface area contributed by atoms with Crippen molar-refractivity contribution in [2.45, 2.75) is 13.0 Å². The van der Waals surface area contributed by atoms with Crippen LogP contribution in [-0.2, 0) is 0 Å². The number of hydrogen-bond acceptors (Lipinski definition) is 3. The highest BCUT2D eigenvalue weighted by molar-refractivity contribution is 5.74. The van der Waals surface area contributed by atoms with Crippen molar-refractivity contribution in [1.82, 2.24) is 15.0 Å². The molecule has 0 bridgehead atoms. The van der Waals surface area contributed by atoms with Crippen molar-refractivity contribution in [3.8, 4) is 0 Å². The largest absolute Gasteiger partial charge is 0.328 e. The summed E-state index contributed by atoms with van der Waals surface area (Å²) in [4.78, 5) is 1.72. The quantitative estimate of drug-likeness (QED) is 0.778. The molecular formula is C15H16N4. The summed E-state index contributed by atoms with van der Waals surface area (Å²) in [6.45, 7) is 2.53. The van der Waals surface area contributed by atoms with Crippen LogP contribution < -0.4 is 5.73 Å². The highest BCUT2D eigenvalue weighted by Gasteiger charge is 2.14. The predicted octanol–water partition coefficient (Wildman–Crippen LogP) is 2.29. The Morgan fingerprint density at radius 2 is 1.79 bits per heavy atom. The first-order valence-electron chi connectivity index (χ1n) is 6.36. The summed E-state index contributed by atoms with van der Waals surface area (Å²) in [6.07, 6.45) is 0. The molecule has 1 aromatic heterocycles. The fraction of sp³-hybridized carbons (Fsp3) is 0.200. The molecule has 3 rings (SSSR count). The highest BCUT2D eigenvalue weighted by Crippen LogP contribution is 2.18. The molecule has 96 valence electrons. The molecule has 1 heterocycles. The third kappa shape index (κ3) is 2.22. The Bertz CT molecular complexity index is 688. The second kappa shape index (κ2) is 4.82. The average Bonchev–Trinajstić information content (AvgIpc) is 2.83. The lowest BCUT2D eigenvalue weighted by atomic mass is 10.1. The molecule has 1 atom stereocenters. The summed E-state index contributed by atoms with van der Waals surface area (Å²) in [5.74, 6) is 0. The van der Waals surface area contributed by atoms with Gasteiger partial charge >= 0.3 is 0 Å². The molecule has 4 nitrogen and oxygen atoms in total. The van der Waals surface area contributed by atoms with Crippen molar-refractivity contribution in [3.63, 3.8) is 0 Å². The number of fused-ring (bicyclic) bond motifs is 1. The van der Waals surface area contributed by atoms with Crippen LogP contribution in [0.15, 0.2) is 48.5 Å². The second-order valence-corrected chi connectivity index (χ2v) is 4.67. The fourth-order valence-corrected chi connectivity index (χ4v) is 2.22. The van der Waals surface area contributed by atoms with Crippen LogP contribution in [0.25, 0.3) is 11.0 Å². The van der Waals surface area contributed by atoms with Gasteiger partial charge in [0.15, 0.2) is 0 Å². The molecule has 0 aliphatic heterocycles. The molecule has 0 aliphatic rings. The Morgan fingerprint density at radius 3 is 2.53 bits per heavy atom. The van der Waals surface area contributed by atoms with Gasteiger partial charge in [-0.15, -0.1) is 0 Å². The van der Waals surface area contributed by atoms with Gasteiger partial charge in [-0.05, 0) is 30.2 Å². The lowest BCUT2D eigenvalue weighted by Crippen LogP contribution is -2.22. The van der Waals surface area contributed by atoms with Gasteiger partial charge in [0.1, 0.15) is 17.1 Å². The smallest absolute Gasteiger partial charge is 0.113 e. The number of benzene rings is 2. The van der Waals surface area contributed by atoms with Crippen molar-refractivity contribution in [2.75, 3.05) is 6.54 Å². The van der Waals surface area contributed by atoms with Gasteiger partial charge in [-0.2, -0.15) is 15.0 Å². The van der Waals surface area contributed by atoms with Crippen molar-refractivity contribution < 1.29 is 0 Å². The summed E-state index contributed by atoms with van der Waals surface area (Å²) in [7, 11) is 0. The van der Waals surface area contributed by atoms with Gasteiger partial charge in [-0.25, -0.2) is 0 Å². The summed E-state index contributed by atoms with van der Waals surface area (Å²) < 4.78 is 0. The maximum atomic E-state index is 5.89. The molecule has 19 heavy (non-hydrogen) atoms. The molecule has 0 saturated heterocycles. The van der Waals surface area contributed by atoms with E-state index in [1.165, 1.54) is 5.56 Å². The maximum absolute atomic E-state index is 5.89. The predicted molar refractivity (Wildman–Crippen MR) is 75.9 cm³/mol. The van der Waals surface area contributed by atoms with Gasteiger partial charge in [0, 0.05) is 6.54 Å². The van der Waals surface area contributed by atoms with Crippen molar-refractivity contribution in [1.29, 1.82) is 0 Å². The number of nitrogens with zero attached hydrogens (tertiary/aromatic N) is 3. The SMILES string of the molecule is Cc1ccc2nn(C(CN)c3ccccc3)nc2c1. The third-order valence-corrected chi connectivity index (χ3v) is 3.24. The van der Waals surface area contributed by atoms with Gasteiger partial charge in [0.2, 0.25) is 0 Å². The van der Waals surface area contributed by atoms with E-state index < -0.39 is 0 Å². The standard InChI is InChI=1S/C15H16N4/c1-11-7-8-13-14(9-11)18-19(17-13)15(10-16)12-5-3-2-4-6-12/h2-9,15H,10,16H2,1H3. The topological polar surface area (TPSA) is 56.7 Å². The van der Waals surface area contributed by atoms with Crippen LogP contribution in [-0.4, -0.2) is 21.5 Å². The monoisotopic (exact) mass is 252 g/mol. The Morgan fingerprint density at radius 1 is 1.05 bits per heavy atom. The van der Waals surface area contributed by atoms with Gasteiger partial charge in [-0.3, -0.25) is 0 Å². The van der Waals surface area contributed by atoms with Crippen LogP contribution >= 0.6 is 0 Å². The molecule has 0 aliphatic carbocycles. The van der Waals surface area contributed by atoms with Crippen LogP contribution in [0.5, 0.6) is 0 Å². The minimum atomic E-state index is -0.0195. The van der Waals surface area contributed by atoms with Crippen LogP contribution in [0, 0.1) is 6.92 Å². The Hall–Kier alpha value is -2.20. The van der Waals surface area contributed by atoms with Gasteiger partial charge in [0.25, 0.3) is 0 Å². The first kappa shape index (κ1) is 11.9. The molecule has 0 amide bonds. The first-order chi connectivity index (χ1) is 9.28. The van der Waals surface area contributed by atoms with Crippen molar-refractivity contribution >= 4 is 11.0 Å². The normalized spacial score (nSPS) is 12.7. The number of hydrogen-bond donors (Lipinski definition) is 1. The molecule has 0 fully saturated rings. The van der Waals surface area contributed by atoms with E-state index in [1.54, 1.807) is 4.80 Å². The third-order valence-electron chi connectivity index (χ3n) is 3.24. The van der Waals surface area contributed by atoms with E-state index in [9.17, 15) is 0 Å². The lowest BCUT2D eigenvalue weighted by molar-refractivity contribution is 0.474. The first-order valence-corrected chi connectivity index (χ1v) is 6.36. The van der Waals surface area contributed by atoms with Crippen LogP contribution in [0.2, 0.25) is 0 Å². The zero-order valence-corrected chi connectivity index (χ0v) is 10.8. The highest BCUT2D eigenvalue weighted by atomic mass is 15.5. The Labute approximate surface area is 111 Å². The van der Waals surface area contributed by atoms with E-state index in [1.807, 2.05) is 36.4 Å². The zero-order valence-electron chi connectivity index (χ0n) is 10.8. The Balaban J connectivity index is 2.07. The summed E-state index contributed by atoms with van der Waals surface area (Å²) in [5.41, 5.74) is 10.0. The van der Waals surface area contributed by atoms with Gasteiger partial charge in [-0.1, -0.05) is 36.4 Å². The average molecular weight is 252 g/mol. The molecule has 0 saturated carbocycles. The maximum Gasteiger partial charge on any atom is 0.113 e. The molecule has 3 aromatic rings. The molecule has 1 unspecified atom stereocenters. The number of aryl methyl sites for hydroxylation is 1. The van der Waals surface area contributed by atoms with Crippen LogP contribution in [0.1, 0.15) is 17.2 Å². The van der Waals surface area contributed by atoms with Gasteiger partial charge in [0.05, 0.1) is 0 Å². The second-order valence-electron chi connectivity index (χ2n) is 4.67. The zero-order chi connectivity index (χ0) is 13.2. The molecular weight excluding hydrogens is 236 g/mol. The lowest BCUT2D eigenvalue weighted by Gasteiger charge is -2.13. The Kier molecular flexibility index (Phi) is 3.01. The fourth-order valence-electron chi connectivity index (χ4n) is 2.22. The number of rotatable bonds is 3. The number of nitrogens with two attached hydrogens (primary N) is 1. The molecule has 2 aromatic carbocycles. The molecule has 0 radical (unpaired) electrons. The van der Waals surface area contributed by atoms with E-state index in [0.717, 1.165) is 16.6 Å². The van der Waals surface area contributed by atoms with E-state index in [4.69, 9.17) is 5.73 Å². The van der Waals surface area contributed by atoms with Gasteiger partial charge < -0.3 is 5.73 Å². The summed E-state index contributed by atoms with van der Waals surface area (Å²) in [5, 5.41) is 9.07. The van der Waals surface area contributed by atoms with E-state index in [0.29, 0.717) is 6.54 Å². The van der Waals surface area contributed by atoms with Crippen LogP contribution in [0.4, 0.5) is 0 Å². The minimum absolute atomic E-state index is 0.0195. The van der Waals surface area contributed by atoms with Crippen LogP contribution in [0.3, 0.4) is 0 Å². The van der Waals surface area contributed by atoms with Crippen molar-refractivity contribution in [2.24, 2.45) is 5.73 Å². The molecule has 2 N–H and O–H groups in total. The van der Waals surface area contributed by atoms with Crippen molar-refractivity contribution in [3.05, 3.63) is 59.7 Å². The summed E-state index contributed by atoms with van der Waals surface area (Å²) >= 11 is 0. The minimum Gasteiger partial charge on any atom is -0.328 e.